The number of hydrogen-bond acceptors (Lipinski definition) is 3. The van der Waals surface area contributed by atoms with Crippen LogP contribution in [-0.4, -0.2) is 37.8 Å². The lowest BCUT2D eigenvalue weighted by molar-refractivity contribution is 0.0770. The van der Waals surface area contributed by atoms with Gasteiger partial charge in [0.05, 0.1) is 6.54 Å². The maximum Gasteiger partial charge on any atom is 0.289 e. The van der Waals surface area contributed by atoms with Crippen molar-refractivity contribution in [3.63, 3.8) is 0 Å². The van der Waals surface area contributed by atoms with Gasteiger partial charge in [-0.3, -0.25) is 4.79 Å². The molecule has 0 aliphatic rings. The Morgan fingerprint density at radius 3 is 2.41 bits per heavy atom. The minimum Gasteiger partial charge on any atom is -0.345 e. The standard InChI is InChI=1S/C11H15N5O/c1-7-4-12-9(14-7)6-16(3)11(17)10-13-5-8(2)15-10/h4-5H,6H2,1-3H3,(H,12,14)(H,13,15). The summed E-state index contributed by atoms with van der Waals surface area (Å²) in [5.74, 6) is 0.974. The third kappa shape index (κ3) is 2.52. The maximum atomic E-state index is 12.0. The van der Waals surface area contributed by atoms with Gasteiger partial charge < -0.3 is 14.9 Å². The van der Waals surface area contributed by atoms with Crippen LogP contribution in [0.2, 0.25) is 0 Å². The molecule has 2 N–H and O–H groups in total. The van der Waals surface area contributed by atoms with Crippen LogP contribution in [0.3, 0.4) is 0 Å². The SMILES string of the molecule is Cc1cnc(CN(C)C(=O)c2ncc(C)[nH]2)[nH]1. The molecule has 0 fully saturated rings. The van der Waals surface area contributed by atoms with E-state index in [2.05, 4.69) is 19.9 Å². The van der Waals surface area contributed by atoms with Crippen molar-refractivity contribution < 1.29 is 4.79 Å². The van der Waals surface area contributed by atoms with Crippen molar-refractivity contribution in [1.82, 2.24) is 24.8 Å². The second-order valence-corrected chi connectivity index (χ2v) is 4.09. The molecule has 6 nitrogen and oxygen atoms in total. The molecule has 0 aliphatic heterocycles. The number of nitrogens with one attached hydrogen (secondary N) is 2. The van der Waals surface area contributed by atoms with E-state index in [1.807, 2.05) is 13.8 Å². The molecule has 6 heteroatoms. The van der Waals surface area contributed by atoms with E-state index in [0.717, 1.165) is 17.2 Å². The molecule has 0 atom stereocenters. The van der Waals surface area contributed by atoms with Gasteiger partial charge in [-0.1, -0.05) is 0 Å². The molecule has 0 spiro atoms. The molecule has 2 heterocycles. The summed E-state index contributed by atoms with van der Waals surface area (Å²) in [5, 5.41) is 0. The van der Waals surface area contributed by atoms with Gasteiger partial charge in [-0.15, -0.1) is 0 Å². The Balaban J connectivity index is 2.05. The highest BCUT2D eigenvalue weighted by atomic mass is 16.2. The summed E-state index contributed by atoms with van der Waals surface area (Å²) in [5.41, 5.74) is 1.85. The van der Waals surface area contributed by atoms with Crippen LogP contribution in [0.15, 0.2) is 12.4 Å². The lowest BCUT2D eigenvalue weighted by Crippen LogP contribution is -2.27. The van der Waals surface area contributed by atoms with Crippen LogP contribution in [0.1, 0.15) is 27.8 Å². The number of amides is 1. The van der Waals surface area contributed by atoms with Crippen LogP contribution < -0.4 is 0 Å². The molecule has 1 amide bonds. The molecule has 0 saturated heterocycles. The van der Waals surface area contributed by atoms with Crippen LogP contribution in [0.4, 0.5) is 0 Å². The van der Waals surface area contributed by atoms with E-state index >= 15 is 0 Å². The Bertz CT molecular complexity index is 527. The first-order valence-corrected chi connectivity index (χ1v) is 5.34. The molecular formula is C11H15N5O. The van der Waals surface area contributed by atoms with Gasteiger partial charge in [-0.25, -0.2) is 9.97 Å². The van der Waals surface area contributed by atoms with Crippen molar-refractivity contribution >= 4 is 5.91 Å². The number of rotatable bonds is 3. The van der Waals surface area contributed by atoms with Gasteiger partial charge >= 0.3 is 0 Å². The number of carbonyl (C=O) groups excluding carboxylic acids is 1. The molecule has 0 bridgehead atoms. The second-order valence-electron chi connectivity index (χ2n) is 4.09. The number of aryl methyl sites for hydroxylation is 2. The fraction of sp³-hybridized carbons (Fsp3) is 0.364. The molecule has 2 aromatic rings. The summed E-state index contributed by atoms with van der Waals surface area (Å²) in [6.07, 6.45) is 3.38. The Hall–Kier alpha value is -2.11. The minimum atomic E-state index is -0.146. The third-order valence-corrected chi connectivity index (χ3v) is 2.39. The van der Waals surface area contributed by atoms with Crippen molar-refractivity contribution in [3.8, 4) is 0 Å². The fourth-order valence-corrected chi connectivity index (χ4v) is 1.55. The Morgan fingerprint density at radius 2 is 1.88 bits per heavy atom. The summed E-state index contributed by atoms with van der Waals surface area (Å²) >= 11 is 0. The lowest BCUT2D eigenvalue weighted by Gasteiger charge is -2.13. The zero-order chi connectivity index (χ0) is 12.4. The van der Waals surface area contributed by atoms with E-state index in [-0.39, 0.29) is 5.91 Å². The van der Waals surface area contributed by atoms with E-state index < -0.39 is 0 Å². The summed E-state index contributed by atoms with van der Waals surface area (Å²) in [4.78, 5) is 27.7. The molecule has 0 radical (unpaired) electrons. The summed E-state index contributed by atoms with van der Waals surface area (Å²) < 4.78 is 0. The molecule has 90 valence electrons. The van der Waals surface area contributed by atoms with Gasteiger partial charge in [-0.05, 0) is 13.8 Å². The van der Waals surface area contributed by atoms with Crippen LogP contribution in [-0.2, 0) is 6.54 Å². The minimum absolute atomic E-state index is 0.146. The van der Waals surface area contributed by atoms with E-state index in [0.29, 0.717) is 12.4 Å². The predicted molar refractivity (Wildman–Crippen MR) is 62.4 cm³/mol. The van der Waals surface area contributed by atoms with Gasteiger partial charge in [0.15, 0.2) is 5.82 Å². The first kappa shape index (κ1) is 11.4. The number of H-pyrrole nitrogens is 2. The number of carbonyl (C=O) groups is 1. The van der Waals surface area contributed by atoms with E-state index in [1.54, 1.807) is 24.3 Å². The number of aromatic nitrogens is 4. The topological polar surface area (TPSA) is 77.7 Å². The second kappa shape index (κ2) is 4.40. The molecule has 0 aliphatic carbocycles. The van der Waals surface area contributed by atoms with Gasteiger partial charge in [-0.2, -0.15) is 0 Å². The Morgan fingerprint density at radius 1 is 1.24 bits per heavy atom. The third-order valence-electron chi connectivity index (χ3n) is 2.39. The Labute approximate surface area is 99.1 Å². The highest BCUT2D eigenvalue weighted by molar-refractivity contribution is 5.90. The molecule has 0 unspecified atom stereocenters. The van der Waals surface area contributed by atoms with Crippen LogP contribution in [0.5, 0.6) is 0 Å². The average molecular weight is 233 g/mol. The molecule has 2 rings (SSSR count). The monoisotopic (exact) mass is 233 g/mol. The zero-order valence-corrected chi connectivity index (χ0v) is 10.1. The smallest absolute Gasteiger partial charge is 0.289 e. The van der Waals surface area contributed by atoms with Crippen LogP contribution >= 0.6 is 0 Å². The maximum absolute atomic E-state index is 12.0. The quantitative estimate of drug-likeness (QED) is 0.830. The van der Waals surface area contributed by atoms with Crippen molar-refractivity contribution in [3.05, 3.63) is 35.4 Å². The molecule has 2 aromatic heterocycles. The Kier molecular flexibility index (Phi) is 2.95. The van der Waals surface area contributed by atoms with Crippen molar-refractivity contribution in [2.75, 3.05) is 7.05 Å². The van der Waals surface area contributed by atoms with Gasteiger partial charge in [0.1, 0.15) is 5.82 Å². The average Bonchev–Trinajstić information content (AvgIpc) is 2.87. The molecule has 0 aromatic carbocycles. The van der Waals surface area contributed by atoms with Crippen molar-refractivity contribution in [2.45, 2.75) is 20.4 Å². The fourth-order valence-electron chi connectivity index (χ4n) is 1.55. The highest BCUT2D eigenvalue weighted by Gasteiger charge is 2.15. The van der Waals surface area contributed by atoms with Crippen molar-refractivity contribution in [2.24, 2.45) is 0 Å². The van der Waals surface area contributed by atoms with Gasteiger partial charge in [0, 0.05) is 30.8 Å². The highest BCUT2D eigenvalue weighted by Crippen LogP contribution is 2.04. The lowest BCUT2D eigenvalue weighted by atomic mass is 10.4. The normalized spacial score (nSPS) is 10.5. The van der Waals surface area contributed by atoms with E-state index in [9.17, 15) is 4.79 Å². The van der Waals surface area contributed by atoms with Crippen molar-refractivity contribution in [1.29, 1.82) is 0 Å². The van der Waals surface area contributed by atoms with E-state index in [4.69, 9.17) is 0 Å². The van der Waals surface area contributed by atoms with Crippen LogP contribution in [0.25, 0.3) is 0 Å². The predicted octanol–water partition coefficient (Wildman–Crippen LogP) is 1.02. The molecule has 17 heavy (non-hydrogen) atoms. The zero-order valence-electron chi connectivity index (χ0n) is 10.1. The molecule has 0 saturated carbocycles. The number of imidazole rings is 2. The van der Waals surface area contributed by atoms with E-state index in [1.165, 1.54) is 0 Å². The first-order valence-electron chi connectivity index (χ1n) is 5.34. The number of aromatic amines is 2. The number of nitrogens with zero attached hydrogens (tertiary/aromatic N) is 3. The first-order chi connectivity index (χ1) is 8.06. The largest absolute Gasteiger partial charge is 0.345 e. The van der Waals surface area contributed by atoms with Crippen LogP contribution in [0, 0.1) is 13.8 Å². The van der Waals surface area contributed by atoms with Gasteiger partial charge in [0.25, 0.3) is 5.91 Å². The summed E-state index contributed by atoms with van der Waals surface area (Å²) in [6.45, 7) is 4.22. The summed E-state index contributed by atoms with van der Waals surface area (Å²) in [6, 6.07) is 0. The van der Waals surface area contributed by atoms with Gasteiger partial charge in [0.2, 0.25) is 0 Å². The number of hydrogen-bond donors (Lipinski definition) is 2. The molecular weight excluding hydrogens is 218 g/mol. The summed E-state index contributed by atoms with van der Waals surface area (Å²) in [7, 11) is 1.72.